The van der Waals surface area contributed by atoms with Crippen LogP contribution in [0.4, 0.5) is 0 Å². The highest BCUT2D eigenvalue weighted by Crippen LogP contribution is 2.26. The molecule has 15 heavy (non-hydrogen) atoms. The van der Waals surface area contributed by atoms with Gasteiger partial charge < -0.3 is 0 Å². The first-order valence-corrected chi connectivity index (χ1v) is 6.31. The van der Waals surface area contributed by atoms with Crippen molar-refractivity contribution in [3.63, 3.8) is 0 Å². The smallest absolute Gasteiger partial charge is 0.0622 e. The average molecular weight is 212 g/mol. The van der Waals surface area contributed by atoms with E-state index in [2.05, 4.69) is 44.7 Å². The third-order valence-electron chi connectivity index (χ3n) is 3.20. The van der Waals surface area contributed by atoms with Crippen molar-refractivity contribution in [3.8, 4) is 0 Å². The summed E-state index contributed by atoms with van der Waals surface area (Å²) in [5.74, 6) is 0. The Bertz CT molecular complexity index is 175. The number of rotatable bonds is 3. The summed E-state index contributed by atoms with van der Waals surface area (Å²) in [5.41, 5.74) is 0.423. The summed E-state index contributed by atoms with van der Waals surface area (Å²) in [6, 6.07) is 0. The highest BCUT2D eigenvalue weighted by Gasteiger charge is 2.26. The van der Waals surface area contributed by atoms with Gasteiger partial charge in [-0.05, 0) is 51.9 Å². The summed E-state index contributed by atoms with van der Waals surface area (Å²) in [6.45, 7) is 9.60. The fraction of sp³-hybridized carbons (Fsp3) is 1.00. The molecule has 1 fully saturated rings. The second-order valence-corrected chi connectivity index (χ2v) is 6.31. The first kappa shape index (κ1) is 13.0. The van der Waals surface area contributed by atoms with Crippen molar-refractivity contribution in [3.05, 3.63) is 0 Å². The lowest BCUT2D eigenvalue weighted by molar-refractivity contribution is 0.0321. The van der Waals surface area contributed by atoms with Crippen LogP contribution in [0.15, 0.2) is 0 Å². The topological polar surface area (TPSA) is 6.48 Å². The number of nitrogens with zero attached hydrogens (tertiary/aromatic N) is 2. The van der Waals surface area contributed by atoms with Crippen molar-refractivity contribution in [2.45, 2.75) is 52.6 Å². The Hall–Kier alpha value is -0.0800. The van der Waals surface area contributed by atoms with Crippen molar-refractivity contribution < 1.29 is 0 Å². The number of piperidine rings is 1. The molecule has 0 aromatic carbocycles. The van der Waals surface area contributed by atoms with E-state index >= 15 is 0 Å². The third-order valence-corrected chi connectivity index (χ3v) is 3.20. The fourth-order valence-electron chi connectivity index (χ4n) is 2.40. The summed E-state index contributed by atoms with van der Waals surface area (Å²) in [7, 11) is 4.43. The summed E-state index contributed by atoms with van der Waals surface area (Å²) in [6.07, 6.45) is 6.08. The van der Waals surface area contributed by atoms with Gasteiger partial charge in [-0.3, -0.25) is 9.80 Å². The maximum Gasteiger partial charge on any atom is 0.0622 e. The van der Waals surface area contributed by atoms with Crippen LogP contribution >= 0.6 is 0 Å². The molecule has 1 heterocycles. The van der Waals surface area contributed by atoms with Crippen LogP contribution in [0, 0.1) is 5.41 Å². The Kier molecular flexibility index (Phi) is 4.60. The molecule has 0 aromatic rings. The van der Waals surface area contributed by atoms with Gasteiger partial charge in [0.2, 0.25) is 0 Å². The molecule has 2 nitrogen and oxygen atoms in total. The van der Waals surface area contributed by atoms with E-state index in [-0.39, 0.29) is 0 Å². The van der Waals surface area contributed by atoms with Crippen molar-refractivity contribution in [1.29, 1.82) is 0 Å². The van der Waals surface area contributed by atoms with Gasteiger partial charge in [-0.1, -0.05) is 27.2 Å². The van der Waals surface area contributed by atoms with Gasteiger partial charge in [0, 0.05) is 0 Å². The van der Waals surface area contributed by atoms with E-state index in [4.69, 9.17) is 0 Å². The molecule has 1 aliphatic heterocycles. The Balaban J connectivity index is 2.56. The van der Waals surface area contributed by atoms with Crippen molar-refractivity contribution in [2.24, 2.45) is 5.41 Å². The molecule has 0 spiro atoms. The van der Waals surface area contributed by atoms with Crippen LogP contribution < -0.4 is 0 Å². The molecule has 0 amide bonds. The number of likely N-dealkylation sites (tertiary alicyclic amines) is 1. The quantitative estimate of drug-likeness (QED) is 0.710. The predicted octanol–water partition coefficient (Wildman–Crippen LogP) is 2.80. The molecule has 90 valence electrons. The standard InChI is InChI=1S/C13H28N2/c1-13(2,3)11-12(14(4)5)15-9-7-6-8-10-15/h12H,6-11H2,1-5H3. The molecule has 0 aliphatic carbocycles. The van der Waals surface area contributed by atoms with Gasteiger partial charge in [0.15, 0.2) is 0 Å². The number of hydrogen-bond acceptors (Lipinski definition) is 2. The normalized spacial score (nSPS) is 22.0. The molecular weight excluding hydrogens is 184 g/mol. The molecule has 0 radical (unpaired) electrons. The highest BCUT2D eigenvalue weighted by molar-refractivity contribution is 4.77. The molecule has 0 bridgehead atoms. The van der Waals surface area contributed by atoms with Crippen LogP contribution in [0.25, 0.3) is 0 Å². The van der Waals surface area contributed by atoms with E-state index in [9.17, 15) is 0 Å². The van der Waals surface area contributed by atoms with E-state index in [1.54, 1.807) is 0 Å². The molecule has 1 rings (SSSR count). The minimum atomic E-state index is 0.423. The van der Waals surface area contributed by atoms with Gasteiger partial charge in [-0.15, -0.1) is 0 Å². The molecule has 0 N–H and O–H groups in total. The lowest BCUT2D eigenvalue weighted by atomic mass is 9.89. The fourth-order valence-corrected chi connectivity index (χ4v) is 2.40. The summed E-state index contributed by atoms with van der Waals surface area (Å²) >= 11 is 0. The first-order valence-electron chi connectivity index (χ1n) is 6.31. The maximum atomic E-state index is 2.66. The zero-order valence-corrected chi connectivity index (χ0v) is 11.2. The van der Waals surface area contributed by atoms with Gasteiger partial charge in [0.1, 0.15) is 0 Å². The van der Waals surface area contributed by atoms with E-state index in [0.717, 1.165) is 0 Å². The van der Waals surface area contributed by atoms with Crippen LogP contribution in [0.5, 0.6) is 0 Å². The van der Waals surface area contributed by atoms with Crippen molar-refractivity contribution >= 4 is 0 Å². The number of hydrogen-bond donors (Lipinski definition) is 0. The van der Waals surface area contributed by atoms with E-state index in [1.165, 1.54) is 38.8 Å². The zero-order valence-electron chi connectivity index (χ0n) is 11.2. The first-order chi connectivity index (χ1) is 6.90. The third kappa shape index (κ3) is 4.52. The highest BCUT2D eigenvalue weighted by atomic mass is 15.3. The van der Waals surface area contributed by atoms with Gasteiger partial charge in [-0.25, -0.2) is 0 Å². The molecule has 0 saturated carbocycles. The van der Waals surface area contributed by atoms with Gasteiger partial charge in [0.05, 0.1) is 6.17 Å². The van der Waals surface area contributed by atoms with Gasteiger partial charge in [0.25, 0.3) is 0 Å². The predicted molar refractivity (Wildman–Crippen MR) is 67.0 cm³/mol. The molecule has 2 heteroatoms. The van der Waals surface area contributed by atoms with Crippen molar-refractivity contribution in [2.75, 3.05) is 27.2 Å². The summed E-state index contributed by atoms with van der Waals surface area (Å²) in [4.78, 5) is 5.05. The molecule has 1 atom stereocenters. The molecule has 0 aromatic heterocycles. The summed E-state index contributed by atoms with van der Waals surface area (Å²) < 4.78 is 0. The molecular formula is C13H28N2. The maximum absolute atomic E-state index is 2.66. The van der Waals surface area contributed by atoms with Gasteiger partial charge >= 0.3 is 0 Å². The largest absolute Gasteiger partial charge is 0.294 e. The van der Waals surface area contributed by atoms with E-state index in [1.807, 2.05) is 0 Å². The summed E-state index contributed by atoms with van der Waals surface area (Å²) in [5, 5.41) is 0. The van der Waals surface area contributed by atoms with Crippen LogP contribution in [0.1, 0.15) is 46.5 Å². The van der Waals surface area contributed by atoms with Gasteiger partial charge in [-0.2, -0.15) is 0 Å². The van der Waals surface area contributed by atoms with E-state index < -0.39 is 0 Å². The second kappa shape index (κ2) is 5.31. The lowest BCUT2D eigenvalue weighted by Crippen LogP contribution is -2.49. The average Bonchev–Trinajstić information content (AvgIpc) is 2.14. The lowest BCUT2D eigenvalue weighted by Gasteiger charge is -2.41. The Morgan fingerprint density at radius 2 is 1.60 bits per heavy atom. The zero-order chi connectivity index (χ0) is 11.5. The Morgan fingerprint density at radius 1 is 1.07 bits per heavy atom. The van der Waals surface area contributed by atoms with Crippen LogP contribution in [0.2, 0.25) is 0 Å². The van der Waals surface area contributed by atoms with Crippen molar-refractivity contribution in [1.82, 2.24) is 9.80 Å². The second-order valence-electron chi connectivity index (χ2n) is 6.31. The molecule has 1 saturated heterocycles. The molecule has 1 unspecified atom stereocenters. The monoisotopic (exact) mass is 212 g/mol. The van der Waals surface area contributed by atoms with Crippen LogP contribution in [-0.4, -0.2) is 43.2 Å². The van der Waals surface area contributed by atoms with Crippen LogP contribution in [0.3, 0.4) is 0 Å². The minimum Gasteiger partial charge on any atom is -0.294 e. The van der Waals surface area contributed by atoms with E-state index in [0.29, 0.717) is 11.6 Å². The minimum absolute atomic E-state index is 0.423. The van der Waals surface area contributed by atoms with Crippen LogP contribution in [-0.2, 0) is 0 Å². The Labute approximate surface area is 95.6 Å². The Morgan fingerprint density at radius 3 is 2.00 bits per heavy atom. The SMILES string of the molecule is CN(C)C(CC(C)(C)C)N1CCCCC1. The molecule has 1 aliphatic rings.